The Labute approximate surface area is 90.3 Å². The van der Waals surface area contributed by atoms with Gasteiger partial charge in [-0.25, -0.2) is 4.98 Å². The second-order valence-electron chi connectivity index (χ2n) is 3.71. The first-order valence-electron chi connectivity index (χ1n) is 4.82. The molecule has 1 aromatic rings. The third-order valence-electron chi connectivity index (χ3n) is 2.28. The molecule has 0 saturated carbocycles. The number of halogens is 1. The van der Waals surface area contributed by atoms with E-state index in [-0.39, 0.29) is 6.10 Å². The monoisotopic (exact) mass is 213 g/mol. The third kappa shape index (κ3) is 3.28. The lowest BCUT2D eigenvalue weighted by Gasteiger charge is -2.16. The predicted molar refractivity (Wildman–Crippen MR) is 58.3 cm³/mol. The predicted octanol–water partition coefficient (Wildman–Crippen LogP) is 3.30. The fourth-order valence-electron chi connectivity index (χ4n) is 0.941. The highest BCUT2D eigenvalue weighted by atomic mass is 35.5. The van der Waals surface area contributed by atoms with E-state index < -0.39 is 0 Å². The molecule has 0 radical (unpaired) electrons. The highest BCUT2D eigenvalue weighted by Gasteiger charge is 2.08. The summed E-state index contributed by atoms with van der Waals surface area (Å²) in [6, 6.07) is 3.80. The molecule has 0 aliphatic heterocycles. The Kier molecular flexibility index (Phi) is 4.36. The minimum atomic E-state index is 0.242. The molecule has 0 fully saturated rings. The molecule has 2 nitrogen and oxygen atoms in total. The van der Waals surface area contributed by atoms with Crippen molar-refractivity contribution < 1.29 is 4.74 Å². The first-order chi connectivity index (χ1) is 6.61. The molecule has 1 rings (SSSR count). The van der Waals surface area contributed by atoms with Crippen LogP contribution in [-0.2, 0) is 11.3 Å². The van der Waals surface area contributed by atoms with Crippen molar-refractivity contribution in [3.63, 3.8) is 0 Å². The van der Waals surface area contributed by atoms with Crippen LogP contribution in [0.5, 0.6) is 0 Å². The maximum atomic E-state index is 5.90. The Morgan fingerprint density at radius 3 is 2.71 bits per heavy atom. The molecular formula is C11H16ClNO. The summed E-state index contributed by atoms with van der Waals surface area (Å²) in [6.45, 7) is 6.87. The van der Waals surface area contributed by atoms with E-state index in [4.69, 9.17) is 16.3 Å². The molecule has 1 aromatic heterocycles. The Morgan fingerprint density at radius 1 is 1.43 bits per heavy atom. The average molecular weight is 214 g/mol. The number of ether oxygens (including phenoxy) is 1. The Hall–Kier alpha value is -0.600. The van der Waals surface area contributed by atoms with Crippen molar-refractivity contribution in [1.82, 2.24) is 4.98 Å². The van der Waals surface area contributed by atoms with Gasteiger partial charge >= 0.3 is 0 Å². The van der Waals surface area contributed by atoms with Gasteiger partial charge in [-0.3, -0.25) is 0 Å². The number of rotatable bonds is 4. The molecule has 0 saturated heterocycles. The van der Waals surface area contributed by atoms with Crippen LogP contribution in [-0.4, -0.2) is 11.1 Å². The Bertz CT molecular complexity index is 288. The van der Waals surface area contributed by atoms with Crippen LogP contribution < -0.4 is 0 Å². The maximum Gasteiger partial charge on any atom is 0.134 e. The molecule has 0 aliphatic rings. The van der Waals surface area contributed by atoms with Gasteiger partial charge in [0.15, 0.2) is 0 Å². The highest BCUT2D eigenvalue weighted by Crippen LogP contribution is 2.15. The van der Waals surface area contributed by atoms with Crippen molar-refractivity contribution in [3.05, 3.63) is 29.0 Å². The largest absolute Gasteiger partial charge is 0.373 e. The number of nitrogens with zero attached hydrogens (tertiary/aromatic N) is 1. The van der Waals surface area contributed by atoms with Gasteiger partial charge in [0, 0.05) is 11.8 Å². The van der Waals surface area contributed by atoms with Crippen molar-refractivity contribution in [1.29, 1.82) is 0 Å². The highest BCUT2D eigenvalue weighted by molar-refractivity contribution is 6.30. The number of pyridine rings is 1. The van der Waals surface area contributed by atoms with E-state index in [9.17, 15) is 0 Å². The van der Waals surface area contributed by atoms with E-state index in [1.807, 2.05) is 12.1 Å². The molecule has 0 amide bonds. The van der Waals surface area contributed by atoms with Gasteiger partial charge in [-0.1, -0.05) is 31.5 Å². The van der Waals surface area contributed by atoms with Crippen LogP contribution in [0.3, 0.4) is 0 Å². The quantitative estimate of drug-likeness (QED) is 0.716. The van der Waals surface area contributed by atoms with Gasteiger partial charge in [-0.15, -0.1) is 0 Å². The molecule has 0 aliphatic carbocycles. The second kappa shape index (κ2) is 5.32. The van der Waals surface area contributed by atoms with Crippen LogP contribution in [0.4, 0.5) is 0 Å². The summed E-state index contributed by atoms with van der Waals surface area (Å²) >= 11 is 5.90. The molecule has 0 aromatic carbocycles. The zero-order chi connectivity index (χ0) is 10.6. The normalized spacial score (nSPS) is 13.2. The van der Waals surface area contributed by atoms with Gasteiger partial charge in [0.25, 0.3) is 0 Å². The summed E-state index contributed by atoms with van der Waals surface area (Å²) in [7, 11) is 0. The van der Waals surface area contributed by atoms with Crippen molar-refractivity contribution in [2.24, 2.45) is 5.92 Å². The molecule has 1 heterocycles. The standard InChI is InChI=1S/C11H16ClNO/c1-8(2)9(3)14-7-10-5-4-6-13-11(10)12/h4-6,8-9H,7H2,1-3H3. The summed E-state index contributed by atoms with van der Waals surface area (Å²) in [5.41, 5.74) is 0.946. The van der Waals surface area contributed by atoms with Crippen molar-refractivity contribution in [2.75, 3.05) is 0 Å². The maximum absolute atomic E-state index is 5.90. The lowest BCUT2D eigenvalue weighted by atomic mass is 10.1. The zero-order valence-electron chi connectivity index (χ0n) is 8.83. The van der Waals surface area contributed by atoms with Crippen LogP contribution in [0, 0.1) is 5.92 Å². The smallest absolute Gasteiger partial charge is 0.134 e. The lowest BCUT2D eigenvalue weighted by molar-refractivity contribution is 0.0234. The van der Waals surface area contributed by atoms with E-state index >= 15 is 0 Å². The van der Waals surface area contributed by atoms with Crippen molar-refractivity contribution >= 4 is 11.6 Å². The molecular weight excluding hydrogens is 198 g/mol. The summed E-state index contributed by atoms with van der Waals surface area (Å²) in [6.07, 6.45) is 1.92. The van der Waals surface area contributed by atoms with Crippen LogP contribution in [0.25, 0.3) is 0 Å². The Balaban J connectivity index is 2.50. The van der Waals surface area contributed by atoms with Gasteiger partial charge < -0.3 is 4.74 Å². The summed E-state index contributed by atoms with van der Waals surface area (Å²) in [5.74, 6) is 0.519. The van der Waals surface area contributed by atoms with Gasteiger partial charge in [0.2, 0.25) is 0 Å². The zero-order valence-corrected chi connectivity index (χ0v) is 9.58. The first-order valence-corrected chi connectivity index (χ1v) is 5.20. The minimum absolute atomic E-state index is 0.242. The fraction of sp³-hybridized carbons (Fsp3) is 0.545. The van der Waals surface area contributed by atoms with E-state index in [1.54, 1.807) is 6.20 Å². The van der Waals surface area contributed by atoms with Crippen molar-refractivity contribution in [3.8, 4) is 0 Å². The van der Waals surface area contributed by atoms with Gasteiger partial charge in [-0.05, 0) is 18.9 Å². The van der Waals surface area contributed by atoms with Crippen LogP contribution in [0.2, 0.25) is 5.15 Å². The minimum Gasteiger partial charge on any atom is -0.373 e. The molecule has 14 heavy (non-hydrogen) atoms. The topological polar surface area (TPSA) is 22.1 Å². The summed E-state index contributed by atoms with van der Waals surface area (Å²) in [5, 5.41) is 0.531. The van der Waals surface area contributed by atoms with Gasteiger partial charge in [0.1, 0.15) is 5.15 Å². The first kappa shape index (κ1) is 11.5. The van der Waals surface area contributed by atoms with Crippen LogP contribution in [0.1, 0.15) is 26.3 Å². The van der Waals surface area contributed by atoms with E-state index in [2.05, 4.69) is 25.8 Å². The fourth-order valence-corrected chi connectivity index (χ4v) is 1.11. The number of hydrogen-bond acceptors (Lipinski definition) is 2. The molecule has 3 heteroatoms. The molecule has 0 spiro atoms. The summed E-state index contributed by atoms with van der Waals surface area (Å²) < 4.78 is 5.65. The third-order valence-corrected chi connectivity index (χ3v) is 2.62. The number of aromatic nitrogens is 1. The second-order valence-corrected chi connectivity index (χ2v) is 4.07. The molecule has 0 N–H and O–H groups in total. The van der Waals surface area contributed by atoms with Crippen LogP contribution >= 0.6 is 11.6 Å². The molecule has 78 valence electrons. The van der Waals surface area contributed by atoms with Crippen LogP contribution in [0.15, 0.2) is 18.3 Å². The van der Waals surface area contributed by atoms with E-state index in [0.717, 1.165) is 5.56 Å². The molecule has 1 unspecified atom stereocenters. The van der Waals surface area contributed by atoms with Crippen molar-refractivity contribution in [2.45, 2.75) is 33.5 Å². The van der Waals surface area contributed by atoms with E-state index in [0.29, 0.717) is 17.7 Å². The van der Waals surface area contributed by atoms with Gasteiger partial charge in [-0.2, -0.15) is 0 Å². The van der Waals surface area contributed by atoms with Gasteiger partial charge in [0.05, 0.1) is 12.7 Å². The molecule has 1 atom stereocenters. The lowest BCUT2D eigenvalue weighted by Crippen LogP contribution is -2.15. The SMILES string of the molecule is CC(C)C(C)OCc1cccnc1Cl. The summed E-state index contributed by atoms with van der Waals surface area (Å²) in [4.78, 5) is 3.99. The average Bonchev–Trinajstić information content (AvgIpc) is 2.16. The molecule has 0 bridgehead atoms. The van der Waals surface area contributed by atoms with E-state index in [1.165, 1.54) is 0 Å². The Morgan fingerprint density at radius 2 is 2.14 bits per heavy atom. The number of hydrogen-bond donors (Lipinski definition) is 0.